The Kier molecular flexibility index (Phi) is 8.36. The molecule has 0 saturated carbocycles. The van der Waals surface area contributed by atoms with E-state index in [1.54, 1.807) is 54.4 Å². The number of nitrogens with one attached hydrogen (secondary N) is 1. The summed E-state index contributed by atoms with van der Waals surface area (Å²) in [5.74, 6) is -0.0199. The van der Waals surface area contributed by atoms with Gasteiger partial charge >= 0.3 is 0 Å². The molecule has 1 atom stereocenters. The fourth-order valence-corrected chi connectivity index (χ4v) is 4.74. The number of nitrogens with zero attached hydrogens (tertiary/aromatic N) is 1. The largest absolute Gasteiger partial charge is 0.316 e. The molecule has 4 nitrogen and oxygen atoms in total. The second-order valence-corrected chi connectivity index (χ2v) is 8.84. The second kappa shape index (κ2) is 11.2. The van der Waals surface area contributed by atoms with Gasteiger partial charge in [0.05, 0.1) is 5.75 Å². The van der Waals surface area contributed by atoms with Gasteiger partial charge in [-0.15, -0.1) is 11.8 Å². The predicted molar refractivity (Wildman–Crippen MR) is 130 cm³/mol. The lowest BCUT2D eigenvalue weighted by atomic mass is 10.1. The Labute approximate surface area is 197 Å². The molecule has 4 rings (SSSR count). The van der Waals surface area contributed by atoms with Crippen LogP contribution in [0, 0.1) is 25.5 Å². The summed E-state index contributed by atoms with van der Waals surface area (Å²) in [7, 11) is 1.80. The molecular formula is C26H26F2N2O2S. The molecule has 0 spiro atoms. The molecular weight excluding hydrogens is 442 g/mol. The van der Waals surface area contributed by atoms with Crippen molar-refractivity contribution in [3.05, 3.63) is 100 Å². The van der Waals surface area contributed by atoms with Crippen molar-refractivity contribution < 1.29 is 18.4 Å². The van der Waals surface area contributed by atoms with Gasteiger partial charge in [0.1, 0.15) is 23.3 Å². The molecule has 0 aliphatic carbocycles. The lowest BCUT2D eigenvalue weighted by Gasteiger charge is -2.26. The Morgan fingerprint density at radius 3 is 2.39 bits per heavy atom. The molecule has 7 heteroatoms. The number of thioether (sulfide) groups is 1. The fraction of sp³-hybridized carbons (Fsp3) is 0.231. The Balaban J connectivity index is 0.000000235. The Morgan fingerprint density at radius 1 is 1.06 bits per heavy atom. The van der Waals surface area contributed by atoms with E-state index >= 15 is 0 Å². The Hall–Kier alpha value is -3.03. The predicted octanol–water partition coefficient (Wildman–Crippen LogP) is 5.58. The summed E-state index contributed by atoms with van der Waals surface area (Å²) < 4.78 is 26.1. The number of rotatable bonds is 5. The van der Waals surface area contributed by atoms with Crippen LogP contribution in [-0.4, -0.2) is 25.0 Å². The number of halogens is 2. The van der Waals surface area contributed by atoms with Crippen molar-refractivity contribution in [2.45, 2.75) is 25.8 Å². The van der Waals surface area contributed by atoms with Gasteiger partial charge in [-0.3, -0.25) is 14.5 Å². The zero-order chi connectivity index (χ0) is 24.0. The van der Waals surface area contributed by atoms with E-state index < -0.39 is 0 Å². The molecule has 1 N–H and O–H groups in total. The highest BCUT2D eigenvalue weighted by molar-refractivity contribution is 8.00. The minimum atomic E-state index is -0.295. The quantitative estimate of drug-likeness (QED) is 0.497. The summed E-state index contributed by atoms with van der Waals surface area (Å²) in [6, 6.07) is 16.7. The molecule has 0 bridgehead atoms. The van der Waals surface area contributed by atoms with Crippen LogP contribution in [0.5, 0.6) is 0 Å². The molecule has 1 saturated heterocycles. The highest BCUT2D eigenvalue weighted by Gasteiger charge is 2.34. The number of hydrogen-bond donors (Lipinski definition) is 1. The number of aldehydes is 1. The maximum absolute atomic E-state index is 13.1. The van der Waals surface area contributed by atoms with Crippen molar-refractivity contribution >= 4 is 29.6 Å². The minimum Gasteiger partial charge on any atom is -0.316 e. The van der Waals surface area contributed by atoms with Crippen LogP contribution >= 0.6 is 11.8 Å². The van der Waals surface area contributed by atoms with E-state index in [4.69, 9.17) is 0 Å². The van der Waals surface area contributed by atoms with Crippen LogP contribution < -0.4 is 10.2 Å². The number of amides is 1. The van der Waals surface area contributed by atoms with Gasteiger partial charge in [-0.25, -0.2) is 8.78 Å². The lowest BCUT2D eigenvalue weighted by molar-refractivity contribution is -0.115. The molecule has 33 heavy (non-hydrogen) atoms. The molecule has 1 amide bonds. The smallest absolute Gasteiger partial charge is 0.238 e. The molecule has 3 aromatic carbocycles. The average Bonchev–Trinajstić information content (AvgIpc) is 3.17. The number of benzene rings is 3. The summed E-state index contributed by atoms with van der Waals surface area (Å²) in [4.78, 5) is 24.9. The molecule has 172 valence electrons. The summed E-state index contributed by atoms with van der Waals surface area (Å²) in [6.07, 6.45) is 0.786. The number of carbonyl (C=O) groups is 2. The molecule has 1 fully saturated rings. The van der Waals surface area contributed by atoms with Gasteiger partial charge in [-0.05, 0) is 74.0 Å². The summed E-state index contributed by atoms with van der Waals surface area (Å²) >= 11 is 1.52. The minimum absolute atomic E-state index is 0.0151. The van der Waals surface area contributed by atoms with Gasteiger partial charge in [0.25, 0.3) is 0 Å². The second-order valence-electron chi connectivity index (χ2n) is 7.77. The van der Waals surface area contributed by atoms with Gasteiger partial charge in [0.15, 0.2) is 0 Å². The van der Waals surface area contributed by atoms with Crippen molar-refractivity contribution in [1.82, 2.24) is 5.32 Å². The van der Waals surface area contributed by atoms with Crippen molar-refractivity contribution in [1.29, 1.82) is 0 Å². The van der Waals surface area contributed by atoms with Crippen LogP contribution in [0.15, 0.2) is 60.7 Å². The average molecular weight is 469 g/mol. The van der Waals surface area contributed by atoms with Crippen molar-refractivity contribution in [3.63, 3.8) is 0 Å². The van der Waals surface area contributed by atoms with Gasteiger partial charge in [0.2, 0.25) is 5.91 Å². The normalized spacial score (nSPS) is 15.2. The van der Waals surface area contributed by atoms with Crippen molar-refractivity contribution in [2.75, 3.05) is 17.7 Å². The highest BCUT2D eigenvalue weighted by atomic mass is 32.2. The van der Waals surface area contributed by atoms with Crippen LogP contribution in [0.25, 0.3) is 0 Å². The Bertz CT molecular complexity index is 1140. The number of anilines is 1. The van der Waals surface area contributed by atoms with Crippen LogP contribution in [0.3, 0.4) is 0 Å². The number of carbonyl (C=O) groups excluding carboxylic acids is 2. The first-order valence-corrected chi connectivity index (χ1v) is 11.5. The van der Waals surface area contributed by atoms with Crippen molar-refractivity contribution in [3.8, 4) is 0 Å². The molecule has 1 unspecified atom stereocenters. The van der Waals surface area contributed by atoms with Gasteiger partial charge < -0.3 is 5.32 Å². The van der Waals surface area contributed by atoms with Crippen LogP contribution in [0.2, 0.25) is 0 Å². The van der Waals surface area contributed by atoms with Crippen LogP contribution in [-0.2, 0) is 11.3 Å². The third-order valence-corrected chi connectivity index (χ3v) is 6.43. The molecule has 1 aliphatic rings. The van der Waals surface area contributed by atoms with Crippen molar-refractivity contribution in [2.24, 2.45) is 0 Å². The zero-order valence-corrected chi connectivity index (χ0v) is 19.6. The molecule has 1 heterocycles. The van der Waals surface area contributed by atoms with Gasteiger partial charge in [-0.2, -0.15) is 0 Å². The molecule has 1 aliphatic heterocycles. The number of aryl methyl sites for hydroxylation is 2. The maximum Gasteiger partial charge on any atom is 0.238 e. The van der Waals surface area contributed by atoms with Crippen LogP contribution in [0.4, 0.5) is 14.5 Å². The van der Waals surface area contributed by atoms with E-state index in [0.717, 1.165) is 34.2 Å². The fourth-order valence-electron chi connectivity index (χ4n) is 3.57. The SMILES string of the molecule is CNCc1ccc(C)cc1F.Cc1cc(C=O)ccc1N1C(=O)CSC1c1ccc(F)cc1. The number of hydrogen-bond acceptors (Lipinski definition) is 4. The lowest BCUT2D eigenvalue weighted by Crippen LogP contribution is -2.28. The third kappa shape index (κ3) is 6.06. The van der Waals surface area contributed by atoms with Crippen LogP contribution in [0.1, 0.15) is 38.0 Å². The van der Waals surface area contributed by atoms with Gasteiger partial charge in [-0.1, -0.05) is 24.3 Å². The monoisotopic (exact) mass is 468 g/mol. The van der Waals surface area contributed by atoms with E-state index in [-0.39, 0.29) is 22.9 Å². The maximum atomic E-state index is 13.1. The standard InChI is InChI=1S/C17H14FNO2S.C9H12FN/c1-11-8-12(9-20)2-7-15(11)19-16(21)10-22-17(19)13-3-5-14(18)6-4-13;1-7-3-4-8(6-11-2)9(10)5-7/h2-9,17H,10H2,1H3;3-5,11H,6H2,1-2H3. The first-order chi connectivity index (χ1) is 15.8. The third-order valence-electron chi connectivity index (χ3n) is 5.22. The highest BCUT2D eigenvalue weighted by Crippen LogP contribution is 2.42. The molecule has 0 aromatic heterocycles. The summed E-state index contributed by atoms with van der Waals surface area (Å²) in [5.41, 5.74) is 4.80. The van der Waals surface area contributed by atoms with E-state index in [1.807, 2.05) is 19.9 Å². The molecule has 0 radical (unpaired) electrons. The Morgan fingerprint density at radius 2 is 1.79 bits per heavy atom. The summed E-state index contributed by atoms with van der Waals surface area (Å²) in [6.45, 7) is 4.35. The first kappa shape index (κ1) is 24.6. The first-order valence-electron chi connectivity index (χ1n) is 10.5. The zero-order valence-electron chi connectivity index (χ0n) is 18.8. The van der Waals surface area contributed by atoms with E-state index in [0.29, 0.717) is 17.9 Å². The summed E-state index contributed by atoms with van der Waals surface area (Å²) in [5, 5.41) is 2.73. The molecule has 3 aromatic rings. The van der Waals surface area contributed by atoms with E-state index in [1.165, 1.54) is 23.9 Å². The van der Waals surface area contributed by atoms with Gasteiger partial charge in [0, 0.05) is 23.4 Å². The van der Waals surface area contributed by atoms with E-state index in [9.17, 15) is 18.4 Å². The topological polar surface area (TPSA) is 49.4 Å². The van der Waals surface area contributed by atoms with E-state index in [2.05, 4.69) is 5.32 Å².